The number of para-hydroxylation sites is 1. The number of carbonyl (C=O) groups is 1. The lowest BCUT2D eigenvalue weighted by atomic mass is 10.0. The van der Waals surface area contributed by atoms with Crippen LogP contribution >= 0.6 is 0 Å². The lowest BCUT2D eigenvalue weighted by molar-refractivity contribution is -0.123. The number of amides is 1. The van der Waals surface area contributed by atoms with Crippen molar-refractivity contribution in [2.45, 2.75) is 32.9 Å². The number of carbonyl (C=O) groups excluding carboxylic acids is 1. The largest absolute Gasteiger partial charge is 0.464 e. The Kier molecular flexibility index (Phi) is 4.79. The van der Waals surface area contributed by atoms with E-state index in [0.717, 1.165) is 23.0 Å². The zero-order valence-electron chi connectivity index (χ0n) is 12.3. The number of likely N-dealkylation sites (N-methyl/N-ethyl adjacent to an activating group) is 1. The second-order valence-electron chi connectivity index (χ2n) is 5.43. The lowest BCUT2D eigenvalue weighted by Gasteiger charge is -2.18. The fourth-order valence-electron chi connectivity index (χ4n) is 2.33. The highest BCUT2D eigenvalue weighted by Crippen LogP contribution is 2.20. The van der Waals surface area contributed by atoms with Crippen LogP contribution < -0.4 is 10.6 Å². The summed E-state index contributed by atoms with van der Waals surface area (Å²) >= 11 is 0. The minimum absolute atomic E-state index is 0.0338. The smallest absolute Gasteiger partial charge is 0.236 e. The van der Waals surface area contributed by atoms with Crippen molar-refractivity contribution in [3.8, 4) is 0 Å². The summed E-state index contributed by atoms with van der Waals surface area (Å²) in [5, 5.41) is 7.13. The van der Waals surface area contributed by atoms with Gasteiger partial charge in [0.25, 0.3) is 0 Å². The molecule has 0 aliphatic heterocycles. The van der Waals surface area contributed by atoms with E-state index < -0.39 is 0 Å². The molecule has 1 aromatic heterocycles. The molecule has 2 aromatic rings. The van der Waals surface area contributed by atoms with E-state index in [0.29, 0.717) is 12.5 Å². The zero-order chi connectivity index (χ0) is 14.5. The van der Waals surface area contributed by atoms with Gasteiger partial charge in [-0.2, -0.15) is 0 Å². The van der Waals surface area contributed by atoms with Crippen molar-refractivity contribution >= 4 is 16.9 Å². The van der Waals surface area contributed by atoms with E-state index >= 15 is 0 Å². The third kappa shape index (κ3) is 3.39. The van der Waals surface area contributed by atoms with Gasteiger partial charge in [0, 0.05) is 24.5 Å². The van der Waals surface area contributed by atoms with Crippen LogP contribution in [-0.4, -0.2) is 19.0 Å². The SMILES string of the molecule is CNC(=O)C(CC(C)C)NCc1coc2ccccc12. The molecule has 0 aliphatic carbocycles. The molecule has 20 heavy (non-hydrogen) atoms. The Hall–Kier alpha value is -1.81. The van der Waals surface area contributed by atoms with E-state index in [1.165, 1.54) is 0 Å². The number of benzene rings is 1. The molecule has 0 spiro atoms. The third-order valence-electron chi connectivity index (χ3n) is 3.37. The molecule has 0 aliphatic rings. The van der Waals surface area contributed by atoms with Crippen LogP contribution in [0.3, 0.4) is 0 Å². The molecule has 0 saturated heterocycles. The Balaban J connectivity index is 2.06. The molecule has 1 aromatic carbocycles. The van der Waals surface area contributed by atoms with E-state index in [1.54, 1.807) is 13.3 Å². The first-order valence-electron chi connectivity index (χ1n) is 7.02. The van der Waals surface area contributed by atoms with Crippen molar-refractivity contribution < 1.29 is 9.21 Å². The van der Waals surface area contributed by atoms with Gasteiger partial charge in [-0.25, -0.2) is 0 Å². The monoisotopic (exact) mass is 274 g/mol. The molecular formula is C16H22N2O2. The average Bonchev–Trinajstić information content (AvgIpc) is 2.85. The molecule has 4 heteroatoms. The van der Waals surface area contributed by atoms with Gasteiger partial charge in [-0.3, -0.25) is 4.79 Å². The summed E-state index contributed by atoms with van der Waals surface area (Å²) in [5.41, 5.74) is 1.96. The number of nitrogens with one attached hydrogen (secondary N) is 2. The van der Waals surface area contributed by atoms with Gasteiger partial charge in [-0.1, -0.05) is 32.0 Å². The predicted molar refractivity (Wildman–Crippen MR) is 80.4 cm³/mol. The first kappa shape index (κ1) is 14.6. The van der Waals surface area contributed by atoms with Gasteiger partial charge in [0.2, 0.25) is 5.91 Å². The van der Waals surface area contributed by atoms with E-state index in [9.17, 15) is 4.79 Å². The summed E-state index contributed by atoms with van der Waals surface area (Å²) in [5.74, 6) is 0.498. The van der Waals surface area contributed by atoms with Gasteiger partial charge in [0.15, 0.2) is 0 Å². The van der Waals surface area contributed by atoms with E-state index in [1.807, 2.05) is 24.3 Å². The molecule has 4 nitrogen and oxygen atoms in total. The number of hydrogen-bond donors (Lipinski definition) is 2. The van der Waals surface area contributed by atoms with Gasteiger partial charge in [-0.05, 0) is 18.4 Å². The van der Waals surface area contributed by atoms with E-state index in [-0.39, 0.29) is 11.9 Å². The molecule has 108 valence electrons. The van der Waals surface area contributed by atoms with E-state index in [4.69, 9.17) is 4.42 Å². The summed E-state index contributed by atoms with van der Waals surface area (Å²) < 4.78 is 5.51. The lowest BCUT2D eigenvalue weighted by Crippen LogP contribution is -2.43. The minimum atomic E-state index is -0.173. The summed E-state index contributed by atoms with van der Waals surface area (Å²) in [6, 6.07) is 7.76. The van der Waals surface area contributed by atoms with Crippen LogP contribution in [0.2, 0.25) is 0 Å². The predicted octanol–water partition coefficient (Wildman–Crippen LogP) is 2.68. The molecule has 1 heterocycles. The molecule has 2 rings (SSSR count). The molecule has 0 fully saturated rings. The van der Waals surface area contributed by atoms with Gasteiger partial charge in [0.05, 0.1) is 12.3 Å². The Labute approximate surface area is 119 Å². The van der Waals surface area contributed by atoms with Crippen molar-refractivity contribution in [2.75, 3.05) is 7.05 Å². The maximum absolute atomic E-state index is 11.9. The quantitative estimate of drug-likeness (QED) is 0.851. The fraction of sp³-hybridized carbons (Fsp3) is 0.438. The molecule has 2 N–H and O–H groups in total. The summed E-state index contributed by atoms with van der Waals surface area (Å²) in [7, 11) is 1.67. The first-order valence-corrected chi connectivity index (χ1v) is 7.02. The standard InChI is InChI=1S/C16H22N2O2/c1-11(2)8-14(16(19)17-3)18-9-12-10-20-15-7-5-4-6-13(12)15/h4-7,10-11,14,18H,8-9H2,1-3H3,(H,17,19). The highest BCUT2D eigenvalue weighted by atomic mass is 16.3. The second-order valence-corrected chi connectivity index (χ2v) is 5.43. The van der Waals surface area contributed by atoms with Crippen molar-refractivity contribution in [1.29, 1.82) is 0 Å². The van der Waals surface area contributed by atoms with Gasteiger partial charge < -0.3 is 15.1 Å². The van der Waals surface area contributed by atoms with Crippen molar-refractivity contribution in [3.63, 3.8) is 0 Å². The Morgan fingerprint density at radius 2 is 2.05 bits per heavy atom. The number of fused-ring (bicyclic) bond motifs is 1. The summed E-state index contributed by atoms with van der Waals surface area (Å²) in [6.07, 6.45) is 2.57. The van der Waals surface area contributed by atoms with Crippen LogP contribution in [0.25, 0.3) is 11.0 Å². The van der Waals surface area contributed by atoms with E-state index in [2.05, 4.69) is 24.5 Å². The van der Waals surface area contributed by atoms with Crippen molar-refractivity contribution in [2.24, 2.45) is 5.92 Å². The van der Waals surface area contributed by atoms with Crippen molar-refractivity contribution in [3.05, 3.63) is 36.1 Å². The van der Waals surface area contributed by atoms with Gasteiger partial charge in [0.1, 0.15) is 5.58 Å². The Bertz CT molecular complexity index is 575. The van der Waals surface area contributed by atoms with Crippen LogP contribution in [-0.2, 0) is 11.3 Å². The Morgan fingerprint density at radius 1 is 1.30 bits per heavy atom. The second kappa shape index (κ2) is 6.57. The molecule has 1 amide bonds. The molecule has 0 bridgehead atoms. The normalized spacial score (nSPS) is 12.8. The molecule has 1 atom stereocenters. The van der Waals surface area contributed by atoms with Crippen LogP contribution in [0.1, 0.15) is 25.8 Å². The highest BCUT2D eigenvalue weighted by Gasteiger charge is 2.18. The van der Waals surface area contributed by atoms with Gasteiger partial charge in [-0.15, -0.1) is 0 Å². The number of furan rings is 1. The average molecular weight is 274 g/mol. The first-order chi connectivity index (χ1) is 9.61. The molecule has 0 saturated carbocycles. The maximum Gasteiger partial charge on any atom is 0.236 e. The molecular weight excluding hydrogens is 252 g/mol. The fourth-order valence-corrected chi connectivity index (χ4v) is 2.33. The van der Waals surface area contributed by atoms with Crippen LogP contribution in [0.4, 0.5) is 0 Å². The van der Waals surface area contributed by atoms with Crippen LogP contribution in [0.15, 0.2) is 34.9 Å². The third-order valence-corrected chi connectivity index (χ3v) is 3.37. The van der Waals surface area contributed by atoms with Gasteiger partial charge >= 0.3 is 0 Å². The Morgan fingerprint density at radius 3 is 2.75 bits per heavy atom. The summed E-state index contributed by atoms with van der Waals surface area (Å²) in [4.78, 5) is 11.9. The number of hydrogen-bond acceptors (Lipinski definition) is 3. The topological polar surface area (TPSA) is 54.3 Å². The molecule has 0 radical (unpaired) electrons. The minimum Gasteiger partial charge on any atom is -0.464 e. The zero-order valence-corrected chi connectivity index (χ0v) is 12.3. The maximum atomic E-state index is 11.9. The van der Waals surface area contributed by atoms with Crippen LogP contribution in [0, 0.1) is 5.92 Å². The molecule has 1 unspecified atom stereocenters. The van der Waals surface area contributed by atoms with Crippen LogP contribution in [0.5, 0.6) is 0 Å². The summed E-state index contributed by atoms with van der Waals surface area (Å²) in [6.45, 7) is 4.86. The van der Waals surface area contributed by atoms with Crippen molar-refractivity contribution in [1.82, 2.24) is 10.6 Å². The highest BCUT2D eigenvalue weighted by molar-refractivity contribution is 5.82. The number of rotatable bonds is 6.